The maximum Gasteiger partial charge on any atom is 0.131 e. The number of halogens is 1. The van der Waals surface area contributed by atoms with E-state index in [2.05, 4.69) is 53.9 Å². The molecule has 4 heteroatoms. The zero-order valence-electron chi connectivity index (χ0n) is 12.5. The molecule has 3 nitrogen and oxygen atoms in total. The number of hydrogen-bond donors (Lipinski definition) is 0. The lowest BCUT2D eigenvalue weighted by Gasteiger charge is -2.09. The van der Waals surface area contributed by atoms with Gasteiger partial charge in [-0.05, 0) is 46.0 Å². The van der Waals surface area contributed by atoms with Crippen LogP contribution in [0.5, 0.6) is 5.75 Å². The van der Waals surface area contributed by atoms with E-state index >= 15 is 0 Å². The average Bonchev–Trinajstić information content (AvgIpc) is 2.71. The van der Waals surface area contributed by atoms with E-state index in [-0.39, 0.29) is 0 Å². The van der Waals surface area contributed by atoms with Crippen molar-refractivity contribution in [3.8, 4) is 5.75 Å². The Kier molecular flexibility index (Phi) is 4.86. The molecular formula is C16H21BrN2O. The monoisotopic (exact) mass is 336 g/mol. The van der Waals surface area contributed by atoms with E-state index in [0.29, 0.717) is 12.5 Å². The van der Waals surface area contributed by atoms with Gasteiger partial charge in [0.2, 0.25) is 0 Å². The molecule has 0 saturated heterocycles. The van der Waals surface area contributed by atoms with Gasteiger partial charge < -0.3 is 4.74 Å². The predicted molar refractivity (Wildman–Crippen MR) is 85.1 cm³/mol. The summed E-state index contributed by atoms with van der Waals surface area (Å²) in [5.74, 6) is 1.43. The molecule has 0 aliphatic heterocycles. The second-order valence-electron chi connectivity index (χ2n) is 5.20. The highest BCUT2D eigenvalue weighted by Gasteiger charge is 2.12. The molecule has 20 heavy (non-hydrogen) atoms. The molecule has 1 heterocycles. The van der Waals surface area contributed by atoms with Crippen molar-refractivity contribution in [1.29, 1.82) is 0 Å². The van der Waals surface area contributed by atoms with Crippen LogP contribution in [-0.4, -0.2) is 9.78 Å². The number of ether oxygens (including phenoxy) is 1. The standard InChI is InChI=1S/C16H21BrN2O/c1-5-14-16(17)15(19(4)18-14)10-20-13-8-6-12(7-9-13)11(2)3/h6-9,11H,5,10H2,1-4H3. The summed E-state index contributed by atoms with van der Waals surface area (Å²) in [6, 6.07) is 8.30. The molecular weight excluding hydrogens is 316 g/mol. The lowest BCUT2D eigenvalue weighted by atomic mass is 10.0. The van der Waals surface area contributed by atoms with E-state index in [1.165, 1.54) is 5.56 Å². The first-order valence-corrected chi connectivity index (χ1v) is 7.75. The lowest BCUT2D eigenvalue weighted by Crippen LogP contribution is -2.03. The molecule has 2 aromatic rings. The lowest BCUT2D eigenvalue weighted by molar-refractivity contribution is 0.294. The first-order valence-electron chi connectivity index (χ1n) is 6.96. The van der Waals surface area contributed by atoms with Gasteiger partial charge in [-0.2, -0.15) is 5.10 Å². The molecule has 0 unspecified atom stereocenters. The van der Waals surface area contributed by atoms with Gasteiger partial charge in [0, 0.05) is 7.05 Å². The van der Waals surface area contributed by atoms with E-state index in [0.717, 1.165) is 28.0 Å². The largest absolute Gasteiger partial charge is 0.487 e. The van der Waals surface area contributed by atoms with E-state index < -0.39 is 0 Å². The quantitative estimate of drug-likeness (QED) is 0.806. The first-order chi connectivity index (χ1) is 9.52. The summed E-state index contributed by atoms with van der Waals surface area (Å²) >= 11 is 3.60. The molecule has 0 radical (unpaired) electrons. The normalized spacial score (nSPS) is 11.1. The predicted octanol–water partition coefficient (Wildman–Crippen LogP) is 4.45. The highest BCUT2D eigenvalue weighted by molar-refractivity contribution is 9.10. The average molecular weight is 337 g/mol. The molecule has 0 spiro atoms. The van der Waals surface area contributed by atoms with E-state index in [9.17, 15) is 0 Å². The summed E-state index contributed by atoms with van der Waals surface area (Å²) in [5.41, 5.74) is 3.46. The molecule has 2 rings (SSSR count). The summed E-state index contributed by atoms with van der Waals surface area (Å²) in [5, 5.41) is 4.47. The molecule has 0 aliphatic rings. The summed E-state index contributed by atoms with van der Waals surface area (Å²) in [4.78, 5) is 0. The fourth-order valence-corrected chi connectivity index (χ4v) is 2.81. The zero-order valence-corrected chi connectivity index (χ0v) is 14.1. The third-order valence-corrected chi connectivity index (χ3v) is 4.34. The van der Waals surface area contributed by atoms with Gasteiger partial charge in [-0.1, -0.05) is 32.9 Å². The Bertz CT molecular complexity index is 573. The first kappa shape index (κ1) is 15.1. The van der Waals surface area contributed by atoms with E-state index in [1.807, 2.05) is 23.9 Å². The van der Waals surface area contributed by atoms with E-state index in [1.54, 1.807) is 0 Å². The number of rotatable bonds is 5. The molecule has 1 aromatic heterocycles. The van der Waals surface area contributed by atoms with Crippen molar-refractivity contribution in [2.75, 3.05) is 0 Å². The summed E-state index contributed by atoms with van der Waals surface area (Å²) in [6.07, 6.45) is 0.914. The third kappa shape index (κ3) is 3.23. The Labute approximate surface area is 129 Å². The van der Waals surface area contributed by atoms with Crippen molar-refractivity contribution < 1.29 is 4.74 Å². The van der Waals surface area contributed by atoms with Crippen LogP contribution in [0.4, 0.5) is 0 Å². The van der Waals surface area contributed by atoms with Gasteiger partial charge in [-0.15, -0.1) is 0 Å². The molecule has 0 fully saturated rings. The topological polar surface area (TPSA) is 27.1 Å². The Balaban J connectivity index is 2.07. The Hall–Kier alpha value is -1.29. The van der Waals surface area contributed by atoms with Crippen LogP contribution in [0, 0.1) is 0 Å². The van der Waals surface area contributed by atoms with Crippen LogP contribution in [0.1, 0.15) is 43.6 Å². The third-order valence-electron chi connectivity index (χ3n) is 3.43. The molecule has 0 saturated carbocycles. The molecule has 0 amide bonds. The van der Waals surface area contributed by atoms with Crippen LogP contribution in [0.2, 0.25) is 0 Å². The fourth-order valence-electron chi connectivity index (χ4n) is 2.08. The number of nitrogens with zero attached hydrogens (tertiary/aromatic N) is 2. The van der Waals surface area contributed by atoms with Crippen LogP contribution in [0.15, 0.2) is 28.7 Å². The highest BCUT2D eigenvalue weighted by Crippen LogP contribution is 2.24. The Morgan fingerprint density at radius 1 is 1.25 bits per heavy atom. The van der Waals surface area contributed by atoms with Crippen LogP contribution in [0.3, 0.4) is 0 Å². The van der Waals surface area contributed by atoms with Crippen LogP contribution in [0.25, 0.3) is 0 Å². The fraction of sp³-hybridized carbons (Fsp3) is 0.438. The number of hydrogen-bond acceptors (Lipinski definition) is 2. The highest BCUT2D eigenvalue weighted by atomic mass is 79.9. The molecule has 0 N–H and O–H groups in total. The summed E-state index contributed by atoms with van der Waals surface area (Å²) in [6.45, 7) is 7.00. The van der Waals surface area contributed by atoms with Gasteiger partial charge >= 0.3 is 0 Å². The molecule has 108 valence electrons. The number of aromatic nitrogens is 2. The van der Waals surface area contributed by atoms with Gasteiger partial charge in [0.15, 0.2) is 0 Å². The Morgan fingerprint density at radius 2 is 1.90 bits per heavy atom. The van der Waals surface area contributed by atoms with Crippen molar-refractivity contribution in [3.05, 3.63) is 45.7 Å². The van der Waals surface area contributed by atoms with Crippen molar-refractivity contribution in [2.24, 2.45) is 7.05 Å². The smallest absolute Gasteiger partial charge is 0.131 e. The van der Waals surface area contributed by atoms with Gasteiger partial charge in [0.05, 0.1) is 15.9 Å². The van der Waals surface area contributed by atoms with Gasteiger partial charge in [-0.3, -0.25) is 4.68 Å². The number of aryl methyl sites for hydroxylation is 2. The second kappa shape index (κ2) is 6.44. The van der Waals surface area contributed by atoms with Crippen molar-refractivity contribution in [3.63, 3.8) is 0 Å². The maximum atomic E-state index is 5.86. The van der Waals surface area contributed by atoms with Gasteiger partial charge in [-0.25, -0.2) is 0 Å². The minimum atomic E-state index is 0.519. The minimum Gasteiger partial charge on any atom is -0.487 e. The van der Waals surface area contributed by atoms with Crippen LogP contribution in [-0.2, 0) is 20.1 Å². The summed E-state index contributed by atoms with van der Waals surface area (Å²) < 4.78 is 8.79. The minimum absolute atomic E-state index is 0.519. The maximum absolute atomic E-state index is 5.86. The molecule has 0 bridgehead atoms. The SMILES string of the molecule is CCc1nn(C)c(COc2ccc(C(C)C)cc2)c1Br. The van der Waals surface area contributed by atoms with Gasteiger partial charge in [0.25, 0.3) is 0 Å². The Morgan fingerprint density at radius 3 is 2.40 bits per heavy atom. The van der Waals surface area contributed by atoms with Crippen molar-refractivity contribution in [2.45, 2.75) is 39.7 Å². The van der Waals surface area contributed by atoms with Crippen molar-refractivity contribution >= 4 is 15.9 Å². The van der Waals surface area contributed by atoms with E-state index in [4.69, 9.17) is 4.74 Å². The van der Waals surface area contributed by atoms with Crippen LogP contribution >= 0.6 is 15.9 Å². The van der Waals surface area contributed by atoms with Crippen molar-refractivity contribution in [1.82, 2.24) is 9.78 Å². The molecule has 0 aliphatic carbocycles. The zero-order chi connectivity index (χ0) is 14.7. The molecule has 1 aromatic carbocycles. The molecule has 0 atom stereocenters. The summed E-state index contributed by atoms with van der Waals surface area (Å²) in [7, 11) is 1.95. The van der Waals surface area contributed by atoms with Gasteiger partial charge in [0.1, 0.15) is 12.4 Å². The number of benzene rings is 1. The second-order valence-corrected chi connectivity index (χ2v) is 5.99. The van der Waals surface area contributed by atoms with Crippen LogP contribution < -0.4 is 4.74 Å².